The Morgan fingerprint density at radius 1 is 1.11 bits per heavy atom. The minimum absolute atomic E-state index is 0.501. The SMILES string of the molecule is CC(CC(F)(F)F)(O[Si](C)(C)C)c1ccc(N)cc1. The van der Waals surface area contributed by atoms with E-state index in [-0.39, 0.29) is 0 Å². The third-order valence-corrected chi connectivity index (χ3v) is 3.65. The van der Waals surface area contributed by atoms with E-state index >= 15 is 0 Å². The summed E-state index contributed by atoms with van der Waals surface area (Å²) in [6, 6.07) is 6.39. The molecule has 0 aromatic heterocycles. The Kier molecular flexibility index (Phi) is 4.36. The maximum atomic E-state index is 12.8. The summed E-state index contributed by atoms with van der Waals surface area (Å²) in [6.45, 7) is 7.11. The van der Waals surface area contributed by atoms with E-state index in [9.17, 15) is 13.2 Å². The highest BCUT2D eigenvalue weighted by atomic mass is 28.4. The number of nitrogen functional groups attached to an aromatic ring is 1. The van der Waals surface area contributed by atoms with Gasteiger partial charge in [-0.15, -0.1) is 0 Å². The predicted octanol–water partition coefficient (Wildman–Crippen LogP) is 4.29. The molecule has 0 saturated heterocycles. The molecule has 0 aliphatic carbocycles. The van der Waals surface area contributed by atoms with Gasteiger partial charge < -0.3 is 10.2 Å². The van der Waals surface area contributed by atoms with E-state index in [0.717, 1.165) is 0 Å². The third kappa shape index (κ3) is 5.24. The van der Waals surface area contributed by atoms with Crippen LogP contribution in [0.5, 0.6) is 0 Å². The average molecular weight is 291 g/mol. The Balaban J connectivity index is 3.14. The van der Waals surface area contributed by atoms with Gasteiger partial charge in [-0.05, 0) is 44.3 Å². The molecule has 108 valence electrons. The average Bonchev–Trinajstić information content (AvgIpc) is 2.11. The highest BCUT2D eigenvalue weighted by Gasteiger charge is 2.43. The lowest BCUT2D eigenvalue weighted by molar-refractivity contribution is -0.170. The maximum absolute atomic E-state index is 12.8. The molecule has 19 heavy (non-hydrogen) atoms. The summed E-state index contributed by atoms with van der Waals surface area (Å²) in [5.41, 5.74) is 5.23. The van der Waals surface area contributed by atoms with E-state index in [1.165, 1.54) is 6.92 Å². The zero-order valence-electron chi connectivity index (χ0n) is 11.6. The van der Waals surface area contributed by atoms with Gasteiger partial charge in [-0.1, -0.05) is 12.1 Å². The van der Waals surface area contributed by atoms with Gasteiger partial charge in [-0.2, -0.15) is 13.2 Å². The van der Waals surface area contributed by atoms with Crippen molar-refractivity contribution in [3.05, 3.63) is 29.8 Å². The van der Waals surface area contributed by atoms with Crippen LogP contribution in [-0.4, -0.2) is 14.5 Å². The van der Waals surface area contributed by atoms with Crippen LogP contribution in [0.4, 0.5) is 18.9 Å². The molecular weight excluding hydrogens is 271 g/mol. The monoisotopic (exact) mass is 291 g/mol. The molecule has 1 rings (SSSR count). The number of nitrogens with two attached hydrogens (primary N) is 1. The standard InChI is InChI=1S/C13H20F3NOSi/c1-12(9-13(14,15)16,18-19(2,3)4)10-5-7-11(17)8-6-10/h5-8H,9,17H2,1-4H3. The van der Waals surface area contributed by atoms with Crippen molar-refractivity contribution < 1.29 is 17.6 Å². The van der Waals surface area contributed by atoms with Crippen LogP contribution in [0.25, 0.3) is 0 Å². The van der Waals surface area contributed by atoms with E-state index < -0.39 is 26.5 Å². The summed E-state index contributed by atoms with van der Waals surface area (Å²) in [6.07, 6.45) is -5.29. The zero-order chi connectivity index (χ0) is 14.9. The van der Waals surface area contributed by atoms with Crippen LogP contribution in [0, 0.1) is 0 Å². The second-order valence-electron chi connectivity index (χ2n) is 5.86. The molecule has 0 aliphatic rings. The molecule has 0 fully saturated rings. The summed E-state index contributed by atoms with van der Waals surface area (Å²) in [5.74, 6) is 0. The van der Waals surface area contributed by atoms with Gasteiger partial charge in [0, 0.05) is 5.69 Å². The molecule has 1 unspecified atom stereocenters. The molecular formula is C13H20F3NOSi. The predicted molar refractivity (Wildman–Crippen MR) is 73.3 cm³/mol. The van der Waals surface area contributed by atoms with E-state index in [1.54, 1.807) is 24.3 Å². The number of halogens is 3. The lowest BCUT2D eigenvalue weighted by Gasteiger charge is -2.37. The van der Waals surface area contributed by atoms with Crippen LogP contribution >= 0.6 is 0 Å². The molecule has 0 radical (unpaired) electrons. The summed E-state index contributed by atoms with van der Waals surface area (Å²) in [4.78, 5) is 0. The van der Waals surface area contributed by atoms with Crippen molar-refractivity contribution in [1.29, 1.82) is 0 Å². The van der Waals surface area contributed by atoms with E-state index in [2.05, 4.69) is 0 Å². The third-order valence-electron chi connectivity index (χ3n) is 2.59. The summed E-state index contributed by atoms with van der Waals surface area (Å²) in [7, 11) is -2.12. The Morgan fingerprint density at radius 2 is 1.58 bits per heavy atom. The number of alkyl halides is 3. The van der Waals surface area contributed by atoms with Gasteiger partial charge in [0.2, 0.25) is 0 Å². The lowest BCUT2D eigenvalue weighted by atomic mass is 9.92. The van der Waals surface area contributed by atoms with Gasteiger partial charge in [0.1, 0.15) is 0 Å². The first-order valence-corrected chi connectivity index (χ1v) is 9.45. The first-order valence-electron chi connectivity index (χ1n) is 6.04. The molecule has 0 saturated carbocycles. The minimum Gasteiger partial charge on any atom is -0.408 e. The van der Waals surface area contributed by atoms with Crippen LogP contribution in [0.1, 0.15) is 18.9 Å². The first-order chi connectivity index (χ1) is 8.41. The number of anilines is 1. The molecule has 0 heterocycles. The van der Waals surface area contributed by atoms with Crippen molar-refractivity contribution in [2.75, 3.05) is 5.73 Å². The number of rotatable bonds is 4. The largest absolute Gasteiger partial charge is 0.408 e. The molecule has 1 atom stereocenters. The molecule has 0 amide bonds. The van der Waals surface area contributed by atoms with Gasteiger partial charge in [0.25, 0.3) is 0 Å². The molecule has 0 aliphatic heterocycles. The molecule has 0 bridgehead atoms. The first kappa shape index (κ1) is 16.0. The second-order valence-corrected chi connectivity index (χ2v) is 10.3. The Morgan fingerprint density at radius 3 is 1.95 bits per heavy atom. The van der Waals surface area contributed by atoms with Crippen LogP contribution in [0.2, 0.25) is 19.6 Å². The highest BCUT2D eigenvalue weighted by molar-refractivity contribution is 6.69. The van der Waals surface area contributed by atoms with Crippen molar-refractivity contribution >= 4 is 14.0 Å². The summed E-state index contributed by atoms with van der Waals surface area (Å²) >= 11 is 0. The van der Waals surface area contributed by atoms with Crippen LogP contribution in [-0.2, 0) is 10.0 Å². The number of hydrogen-bond donors (Lipinski definition) is 1. The second kappa shape index (κ2) is 5.17. The van der Waals surface area contributed by atoms with Gasteiger partial charge in [-0.3, -0.25) is 0 Å². The lowest BCUT2D eigenvalue weighted by Crippen LogP contribution is -2.41. The van der Waals surface area contributed by atoms with Gasteiger partial charge >= 0.3 is 6.18 Å². The Labute approximate surface area is 112 Å². The molecule has 1 aromatic carbocycles. The van der Waals surface area contributed by atoms with E-state index in [4.69, 9.17) is 10.2 Å². The zero-order valence-corrected chi connectivity index (χ0v) is 12.6. The fourth-order valence-corrected chi connectivity index (χ4v) is 3.63. The molecule has 6 heteroatoms. The molecule has 1 aromatic rings. The fraction of sp³-hybridized carbons (Fsp3) is 0.538. The highest BCUT2D eigenvalue weighted by Crippen LogP contribution is 2.39. The topological polar surface area (TPSA) is 35.2 Å². The maximum Gasteiger partial charge on any atom is 0.392 e. The quantitative estimate of drug-likeness (QED) is 0.663. The number of benzene rings is 1. The normalized spacial score (nSPS) is 16.2. The summed E-state index contributed by atoms with van der Waals surface area (Å²) < 4.78 is 44.2. The Hall–Kier alpha value is -1.01. The Bertz CT molecular complexity index is 407. The van der Waals surface area contributed by atoms with Crippen LogP contribution in [0.3, 0.4) is 0 Å². The number of hydrogen-bond acceptors (Lipinski definition) is 2. The molecule has 0 spiro atoms. The van der Waals surface area contributed by atoms with Crippen molar-refractivity contribution in [1.82, 2.24) is 0 Å². The van der Waals surface area contributed by atoms with Crippen molar-refractivity contribution in [2.24, 2.45) is 0 Å². The molecule has 2 N–H and O–H groups in total. The van der Waals surface area contributed by atoms with Gasteiger partial charge in [0.05, 0.1) is 12.0 Å². The van der Waals surface area contributed by atoms with Crippen LogP contribution in [0.15, 0.2) is 24.3 Å². The van der Waals surface area contributed by atoms with Crippen LogP contribution < -0.4 is 5.73 Å². The summed E-state index contributed by atoms with van der Waals surface area (Å²) in [5, 5.41) is 0. The molecule has 2 nitrogen and oxygen atoms in total. The smallest absolute Gasteiger partial charge is 0.392 e. The van der Waals surface area contributed by atoms with Gasteiger partial charge in [0.15, 0.2) is 8.32 Å². The van der Waals surface area contributed by atoms with Crippen molar-refractivity contribution in [2.45, 2.75) is 44.8 Å². The minimum atomic E-state index is -4.28. The van der Waals surface area contributed by atoms with Crippen molar-refractivity contribution in [3.8, 4) is 0 Å². The van der Waals surface area contributed by atoms with E-state index in [1.807, 2.05) is 19.6 Å². The van der Waals surface area contributed by atoms with Crippen molar-refractivity contribution in [3.63, 3.8) is 0 Å². The fourth-order valence-electron chi connectivity index (χ4n) is 2.09. The van der Waals surface area contributed by atoms with Gasteiger partial charge in [-0.25, -0.2) is 0 Å². The van der Waals surface area contributed by atoms with E-state index in [0.29, 0.717) is 11.3 Å².